The van der Waals surface area contributed by atoms with E-state index in [4.69, 9.17) is 4.74 Å². The lowest BCUT2D eigenvalue weighted by Crippen LogP contribution is -2.21. The molecule has 0 aliphatic carbocycles. The van der Waals surface area contributed by atoms with E-state index in [0.717, 1.165) is 102 Å². The number of nitrogens with zero attached hydrogens (tertiary/aromatic N) is 4. The van der Waals surface area contributed by atoms with Crippen LogP contribution >= 0.6 is 35.3 Å². The Bertz CT molecular complexity index is 7030. The molecule has 0 amide bonds. The molecule has 0 saturated heterocycles. The van der Waals surface area contributed by atoms with Crippen LogP contribution in [0.4, 0.5) is 46.0 Å². The summed E-state index contributed by atoms with van der Waals surface area (Å²) in [7, 11) is 3.88. The summed E-state index contributed by atoms with van der Waals surface area (Å²) >= 11 is 4.10. The van der Waals surface area contributed by atoms with Gasteiger partial charge in [0, 0.05) is 119 Å². The Kier molecular flexibility index (Phi) is 35.1. The van der Waals surface area contributed by atoms with Crippen LogP contribution in [0.15, 0.2) is 354 Å². The Morgan fingerprint density at radius 2 is 0.823 bits per heavy atom. The summed E-state index contributed by atoms with van der Waals surface area (Å²) in [6, 6.07) is 102. The lowest BCUT2D eigenvalue weighted by molar-refractivity contribution is 0.392. The van der Waals surface area contributed by atoms with Crippen molar-refractivity contribution in [2.45, 2.75) is 220 Å². The molecule has 0 saturated carbocycles. The minimum Gasteiger partial charge on any atom is -0.507 e. The van der Waals surface area contributed by atoms with Crippen molar-refractivity contribution in [2.75, 3.05) is 24.4 Å². The van der Waals surface area contributed by atoms with Gasteiger partial charge in [0.1, 0.15) is 23.0 Å². The molecule has 0 spiro atoms. The van der Waals surface area contributed by atoms with Gasteiger partial charge >= 0.3 is 0 Å². The number of ether oxygens (including phenoxy) is 1. The Balaban J connectivity index is 0.000000161. The molecule has 728 valence electrons. The Morgan fingerprint density at radius 1 is 0.383 bits per heavy atom. The van der Waals surface area contributed by atoms with Gasteiger partial charge in [-0.25, -0.2) is 17.6 Å². The molecule has 141 heavy (non-hydrogen) atoms. The number of anilines is 2. The van der Waals surface area contributed by atoms with E-state index >= 15 is 0 Å². The second-order valence-corrected chi connectivity index (χ2v) is 44.7. The van der Waals surface area contributed by atoms with Crippen LogP contribution in [0.1, 0.15) is 203 Å². The molecule has 0 fully saturated rings. The summed E-state index contributed by atoms with van der Waals surface area (Å²) in [4.78, 5) is 23.2. The number of phenols is 3. The first-order chi connectivity index (χ1) is 66.8. The number of aromatic nitrogens is 1. The number of phenolic OH excluding ortho intramolecular Hbond substituents is 3. The minimum atomic E-state index is -1.45. The third-order valence-electron chi connectivity index (χ3n) is 24.2. The molecule has 0 bridgehead atoms. The summed E-state index contributed by atoms with van der Waals surface area (Å²) in [5, 5.41) is 41.6. The standard InChI is InChI=1S/C28H29F4NOS.2C28H35NOS.C28H21NO.C12H12N2/c1-15-21(29)23(31)26(24(32)22(15)30)35-20-11-9-8-10-19(20)33-14-16-12-17(27(2,3)4)13-18(25(16)34)28(5,6)7;1-27(2,3)21-17-20(26(30-7)23(18-21)28(4,5)6)19-29-24-15-11-12-16-25(24)31-22-13-9-8-10-14-22;1-27(2,3)21-17-20(26(30)23(18-21)28(4,5)6)19-29(7)24-15-11-12-16-25(24)31-22-13-9-8-10-14-22;1-19-9-2-7-16-26(19)29-18-22-12-8-15-25(28(22)30)27-23-13-5-3-10-20(23)17-21-11-4-6-14-24(21)27;1-10-5-2-3-7-12(10)14-9-11-6-4-8-13-11/h8-14,34H,1-7H3;8-18,29H,19H2,1-7H3;8-18,30H,19H2,1-7H3;2-18,30H,1H3;2-9,13H,1H3. The Morgan fingerprint density at radius 3 is 1.35 bits per heavy atom. The average molecular weight is 1940 g/mol. The van der Waals surface area contributed by atoms with Crippen molar-refractivity contribution in [2.24, 2.45) is 15.0 Å². The van der Waals surface area contributed by atoms with Crippen LogP contribution in [0.2, 0.25) is 0 Å². The van der Waals surface area contributed by atoms with Crippen molar-refractivity contribution in [1.82, 2.24) is 4.98 Å². The highest BCUT2D eigenvalue weighted by atomic mass is 32.2. The molecule has 17 heteroatoms. The zero-order valence-corrected chi connectivity index (χ0v) is 87.8. The molecule has 5 N–H and O–H groups in total. The van der Waals surface area contributed by atoms with Crippen molar-refractivity contribution >= 4 is 104 Å². The minimum absolute atomic E-state index is 0.00240. The van der Waals surface area contributed by atoms with Gasteiger partial charge in [0.15, 0.2) is 23.3 Å². The fourth-order valence-corrected chi connectivity index (χ4v) is 18.9. The first kappa shape index (κ1) is 107. The Labute approximate surface area is 845 Å². The van der Waals surface area contributed by atoms with E-state index in [-0.39, 0.29) is 44.0 Å². The zero-order chi connectivity index (χ0) is 102. The van der Waals surface area contributed by atoms with E-state index in [1.165, 1.54) is 53.6 Å². The fraction of sp³-hybridized carbons (Fsp3) is 0.250. The SMILES string of the molecule is CN(Cc1cc(C(C)(C)C)cc(C(C)(C)C)c1O)c1ccccc1Sc1ccccc1.COc1c(CNc2ccccc2Sc2ccccc2)cc(C(C)(C)C)cc1C(C)(C)C.Cc1c(F)c(F)c(Sc2ccccc2N=Cc2cc(C(C)(C)C)cc(C(C)(C)C)c2O)c(F)c1F.Cc1ccccc1N=Cc1ccc[nH]1.Cc1ccccc1N=Cc1cccc(-c2c3ccccc3cc3ccccc23)c1O. The molecule has 1 heterocycles. The quantitative estimate of drug-likeness (QED) is 0.0219. The molecule has 0 radical (unpaired) electrons. The van der Waals surface area contributed by atoms with E-state index in [1.54, 1.807) is 61.1 Å². The van der Waals surface area contributed by atoms with Gasteiger partial charge in [0.25, 0.3) is 0 Å². The largest absolute Gasteiger partial charge is 0.507 e. The van der Waals surface area contributed by atoms with E-state index in [0.29, 0.717) is 52.3 Å². The molecule has 0 aliphatic rings. The maximum Gasteiger partial charge on any atom is 0.176 e. The third kappa shape index (κ3) is 27.7. The summed E-state index contributed by atoms with van der Waals surface area (Å²) < 4.78 is 63.0. The number of benzene rings is 15. The van der Waals surface area contributed by atoms with Crippen molar-refractivity contribution in [1.29, 1.82) is 0 Å². The maximum atomic E-state index is 14.5. The number of rotatable bonds is 20. The second kappa shape index (κ2) is 46.4. The first-order valence-electron chi connectivity index (χ1n) is 47.5. The van der Waals surface area contributed by atoms with E-state index in [9.17, 15) is 32.9 Å². The summed E-state index contributed by atoms with van der Waals surface area (Å²) in [5.41, 5.74) is 18.5. The zero-order valence-electron chi connectivity index (χ0n) is 85.4. The van der Waals surface area contributed by atoms with Crippen molar-refractivity contribution in [3.63, 3.8) is 0 Å². The lowest BCUT2D eigenvalue weighted by atomic mass is 9.79. The highest BCUT2D eigenvalue weighted by molar-refractivity contribution is 8.00. The van der Waals surface area contributed by atoms with Crippen LogP contribution in [-0.4, -0.2) is 53.1 Å². The lowest BCUT2D eigenvalue weighted by Gasteiger charge is -2.29. The summed E-state index contributed by atoms with van der Waals surface area (Å²) in [5.74, 6) is -4.00. The van der Waals surface area contributed by atoms with Gasteiger partial charge in [0.05, 0.1) is 46.7 Å². The molecule has 0 unspecified atom stereocenters. The van der Waals surface area contributed by atoms with Crippen molar-refractivity contribution in [3.05, 3.63) is 411 Å². The number of hydrogen-bond donors (Lipinski definition) is 5. The van der Waals surface area contributed by atoms with Gasteiger partial charge in [-0.1, -0.05) is 348 Å². The number of H-pyrrole nitrogens is 1. The first-order valence-corrected chi connectivity index (χ1v) is 50.0. The molecule has 15 aromatic carbocycles. The fourth-order valence-electron chi connectivity index (χ4n) is 16.0. The molecule has 16 aromatic rings. The van der Waals surface area contributed by atoms with Crippen LogP contribution in [0.3, 0.4) is 0 Å². The Hall–Kier alpha value is -13.3. The molecular weight excluding hydrogens is 1810 g/mol. The molecule has 16 rings (SSSR count). The van der Waals surface area contributed by atoms with Gasteiger partial charge < -0.3 is 35.3 Å². The molecule has 0 atom stereocenters. The van der Waals surface area contributed by atoms with Crippen molar-refractivity contribution in [3.8, 4) is 34.1 Å². The number of aromatic amines is 1. The number of aryl methyl sites for hydroxylation is 2. The smallest absolute Gasteiger partial charge is 0.176 e. The number of para-hydroxylation sites is 6. The van der Waals surface area contributed by atoms with Crippen LogP contribution in [0.25, 0.3) is 32.7 Å². The monoisotopic (exact) mass is 1940 g/mol. The van der Waals surface area contributed by atoms with Gasteiger partial charge in [-0.2, -0.15) is 0 Å². The number of fused-ring (bicyclic) bond motifs is 2. The predicted octanol–water partition coefficient (Wildman–Crippen LogP) is 35.1. The topological polar surface area (TPSA) is 138 Å². The number of methoxy groups -OCH3 is 1. The molecular formula is C124H132F4N6O4S3. The number of aliphatic imine (C=N–C) groups is 3. The van der Waals surface area contributed by atoms with Crippen LogP contribution in [-0.2, 0) is 45.6 Å². The summed E-state index contributed by atoms with van der Waals surface area (Å²) in [6.45, 7) is 45.4. The van der Waals surface area contributed by atoms with Crippen molar-refractivity contribution < 1.29 is 37.6 Å². The van der Waals surface area contributed by atoms with Gasteiger partial charge in [-0.15, -0.1) is 0 Å². The predicted molar refractivity (Wildman–Crippen MR) is 590 cm³/mol. The highest BCUT2D eigenvalue weighted by Gasteiger charge is 2.31. The van der Waals surface area contributed by atoms with Gasteiger partial charge in [0.2, 0.25) is 0 Å². The van der Waals surface area contributed by atoms with Crippen LogP contribution < -0.4 is 15.0 Å². The number of hydrogen-bond acceptors (Lipinski definition) is 12. The van der Waals surface area contributed by atoms with Crippen LogP contribution in [0, 0.1) is 44.0 Å². The average Bonchev–Trinajstić information content (AvgIpc) is 0.909. The van der Waals surface area contributed by atoms with Gasteiger partial charge in [-0.05, 0) is 223 Å². The number of aromatic hydroxyl groups is 3. The highest BCUT2D eigenvalue weighted by Crippen LogP contribution is 2.48. The van der Waals surface area contributed by atoms with E-state index in [1.807, 2.05) is 155 Å². The van der Waals surface area contributed by atoms with Crippen LogP contribution in [0.5, 0.6) is 23.0 Å². The molecule has 1 aromatic heterocycles. The van der Waals surface area contributed by atoms with Gasteiger partial charge in [-0.3, -0.25) is 15.0 Å². The van der Waals surface area contributed by atoms with E-state index < -0.39 is 33.7 Å². The number of halogens is 4. The third-order valence-corrected chi connectivity index (χ3v) is 27.5. The van der Waals surface area contributed by atoms with E-state index in [2.05, 4.69) is 312 Å². The molecule has 0 aliphatic heterocycles. The number of nitrogens with one attached hydrogen (secondary N) is 2. The maximum absolute atomic E-state index is 14.5. The normalized spacial score (nSPS) is 11.9. The second-order valence-electron chi connectivity index (χ2n) is 41.4. The summed E-state index contributed by atoms with van der Waals surface area (Å²) in [6.07, 6.45) is 6.96. The molecule has 10 nitrogen and oxygen atoms in total.